The van der Waals surface area contributed by atoms with Gasteiger partial charge in [0.1, 0.15) is 6.04 Å². The van der Waals surface area contributed by atoms with Gasteiger partial charge < -0.3 is 10.2 Å². The Morgan fingerprint density at radius 2 is 1.61 bits per heavy atom. The van der Waals surface area contributed by atoms with Crippen LogP contribution >= 0.6 is 23.2 Å². The Kier molecular flexibility index (Phi) is 10.2. The Morgan fingerprint density at radius 1 is 0.921 bits per heavy atom. The molecule has 0 fully saturated rings. The third-order valence-electron chi connectivity index (χ3n) is 6.51. The van der Waals surface area contributed by atoms with Crippen LogP contribution < -0.4 is 5.32 Å². The maximum absolute atomic E-state index is 13.6. The van der Waals surface area contributed by atoms with Crippen molar-refractivity contribution in [3.63, 3.8) is 0 Å². The minimum atomic E-state index is -3.97. The lowest BCUT2D eigenvalue weighted by atomic mass is 10.1. The van der Waals surface area contributed by atoms with E-state index >= 15 is 0 Å². The number of carbonyl (C=O) groups excluding carboxylic acids is 2. The molecule has 1 N–H and O–H groups in total. The van der Waals surface area contributed by atoms with Gasteiger partial charge in [-0.3, -0.25) is 9.59 Å². The summed E-state index contributed by atoms with van der Waals surface area (Å²) in [6, 6.07) is 16.4. The Hall–Kier alpha value is -2.65. The highest BCUT2D eigenvalue weighted by Gasteiger charge is 2.32. The summed E-state index contributed by atoms with van der Waals surface area (Å²) in [5.74, 6) is -0.801. The predicted octanol–water partition coefficient (Wildman–Crippen LogP) is 5.49. The van der Waals surface area contributed by atoms with Crippen LogP contribution in [0.1, 0.15) is 39.2 Å². The maximum Gasteiger partial charge on any atom is 0.243 e. The van der Waals surface area contributed by atoms with E-state index in [1.165, 1.54) is 18.0 Å². The van der Waals surface area contributed by atoms with Gasteiger partial charge in [-0.25, -0.2) is 8.42 Å². The number of nitrogens with one attached hydrogen (secondary N) is 1. The molecule has 3 rings (SSSR count). The van der Waals surface area contributed by atoms with E-state index in [-0.39, 0.29) is 23.4 Å². The second-order valence-corrected chi connectivity index (χ2v) is 12.1. The Morgan fingerprint density at radius 3 is 2.24 bits per heavy atom. The van der Waals surface area contributed by atoms with Gasteiger partial charge in [-0.1, -0.05) is 73.4 Å². The fourth-order valence-electron chi connectivity index (χ4n) is 4.07. The van der Waals surface area contributed by atoms with Crippen LogP contribution in [-0.2, 0) is 26.2 Å². The molecule has 0 aromatic heterocycles. The molecule has 204 valence electrons. The molecule has 0 saturated carbocycles. The highest BCUT2D eigenvalue weighted by Crippen LogP contribution is 2.25. The second-order valence-electron chi connectivity index (χ2n) is 9.28. The number of hydrogen-bond donors (Lipinski definition) is 1. The fraction of sp³-hybridized carbons (Fsp3) is 0.357. The normalized spacial score (nSPS) is 13.3. The van der Waals surface area contributed by atoms with Crippen molar-refractivity contribution in [2.75, 3.05) is 13.6 Å². The number of likely N-dealkylation sites (N-methyl/N-ethyl adjacent to an activating group) is 1. The molecule has 0 heterocycles. The van der Waals surface area contributed by atoms with E-state index in [0.717, 1.165) is 21.5 Å². The molecule has 3 aromatic rings. The van der Waals surface area contributed by atoms with Crippen molar-refractivity contribution in [2.24, 2.45) is 0 Å². The predicted molar refractivity (Wildman–Crippen MR) is 153 cm³/mol. The first kappa shape index (κ1) is 29.9. The van der Waals surface area contributed by atoms with Crippen molar-refractivity contribution in [2.45, 2.75) is 57.1 Å². The zero-order valence-electron chi connectivity index (χ0n) is 21.9. The molecule has 0 aliphatic carbocycles. The van der Waals surface area contributed by atoms with Gasteiger partial charge in [0, 0.05) is 19.6 Å². The third-order valence-corrected chi connectivity index (χ3v) is 9.05. The highest BCUT2D eigenvalue weighted by molar-refractivity contribution is 7.89. The summed E-state index contributed by atoms with van der Waals surface area (Å²) in [6.07, 6.45) is 1.08. The minimum Gasteiger partial charge on any atom is -0.352 e. The number of amides is 2. The van der Waals surface area contributed by atoms with Crippen LogP contribution in [0.5, 0.6) is 0 Å². The molecule has 0 saturated heterocycles. The zero-order valence-corrected chi connectivity index (χ0v) is 24.3. The van der Waals surface area contributed by atoms with Crippen LogP contribution in [0.25, 0.3) is 10.8 Å². The van der Waals surface area contributed by atoms with E-state index in [4.69, 9.17) is 23.2 Å². The van der Waals surface area contributed by atoms with E-state index in [1.54, 1.807) is 30.3 Å². The lowest BCUT2D eigenvalue weighted by Crippen LogP contribution is -2.53. The lowest BCUT2D eigenvalue weighted by molar-refractivity contribution is -0.141. The largest absolute Gasteiger partial charge is 0.352 e. The van der Waals surface area contributed by atoms with Gasteiger partial charge in [-0.2, -0.15) is 4.31 Å². The van der Waals surface area contributed by atoms with Crippen molar-refractivity contribution in [1.82, 2.24) is 14.5 Å². The molecular weight excluding hydrogens is 545 g/mol. The SMILES string of the molecule is CC[C@@H](C)NC(=O)[C@H](CC)N(Cc1ccc(Cl)c(Cl)c1)C(=O)CN(C)S(=O)(=O)c1ccc2ccccc2c1. The number of sulfonamides is 1. The van der Waals surface area contributed by atoms with Gasteiger partial charge in [0.15, 0.2) is 0 Å². The molecule has 38 heavy (non-hydrogen) atoms. The molecule has 2 atom stereocenters. The first-order valence-electron chi connectivity index (χ1n) is 12.5. The first-order valence-corrected chi connectivity index (χ1v) is 14.7. The summed E-state index contributed by atoms with van der Waals surface area (Å²) in [5.41, 5.74) is 0.669. The molecule has 2 amide bonds. The fourth-order valence-corrected chi connectivity index (χ4v) is 5.55. The van der Waals surface area contributed by atoms with Crippen molar-refractivity contribution < 1.29 is 18.0 Å². The van der Waals surface area contributed by atoms with E-state index in [1.807, 2.05) is 45.0 Å². The summed E-state index contributed by atoms with van der Waals surface area (Å²) in [6.45, 7) is 5.28. The molecule has 10 heteroatoms. The number of carbonyl (C=O) groups is 2. The molecule has 0 unspecified atom stereocenters. The first-order chi connectivity index (χ1) is 18.0. The van der Waals surface area contributed by atoms with E-state index < -0.39 is 28.5 Å². The summed E-state index contributed by atoms with van der Waals surface area (Å²) in [5, 5.41) is 5.32. The van der Waals surface area contributed by atoms with Crippen LogP contribution in [-0.4, -0.2) is 55.1 Å². The summed E-state index contributed by atoms with van der Waals surface area (Å²) < 4.78 is 27.8. The topological polar surface area (TPSA) is 86.8 Å². The molecular formula is C28H33Cl2N3O4S. The van der Waals surface area contributed by atoms with Crippen molar-refractivity contribution in [3.05, 3.63) is 76.3 Å². The quantitative estimate of drug-likeness (QED) is 0.326. The van der Waals surface area contributed by atoms with Gasteiger partial charge in [0.2, 0.25) is 21.8 Å². The molecule has 0 bridgehead atoms. The average Bonchev–Trinajstić information content (AvgIpc) is 2.89. The number of fused-ring (bicyclic) bond motifs is 1. The van der Waals surface area contributed by atoms with Gasteiger partial charge >= 0.3 is 0 Å². The Bertz CT molecular complexity index is 1410. The van der Waals surface area contributed by atoms with Crippen LogP contribution in [0, 0.1) is 0 Å². The highest BCUT2D eigenvalue weighted by atomic mass is 35.5. The van der Waals surface area contributed by atoms with Gasteiger partial charge in [-0.05, 0) is 60.4 Å². The zero-order chi connectivity index (χ0) is 28.0. The van der Waals surface area contributed by atoms with Crippen LogP contribution in [0.2, 0.25) is 10.0 Å². The van der Waals surface area contributed by atoms with Crippen LogP contribution in [0.15, 0.2) is 65.6 Å². The molecule has 3 aromatic carbocycles. The number of halogens is 2. The number of benzene rings is 3. The van der Waals surface area contributed by atoms with Gasteiger partial charge in [0.05, 0.1) is 21.5 Å². The van der Waals surface area contributed by atoms with Crippen molar-refractivity contribution in [3.8, 4) is 0 Å². The molecule has 0 aliphatic heterocycles. The van der Waals surface area contributed by atoms with Crippen molar-refractivity contribution in [1.29, 1.82) is 0 Å². The Labute approximate surface area is 234 Å². The van der Waals surface area contributed by atoms with E-state index in [2.05, 4.69) is 5.32 Å². The molecule has 7 nitrogen and oxygen atoms in total. The van der Waals surface area contributed by atoms with Gasteiger partial charge in [0.25, 0.3) is 0 Å². The molecule has 0 aliphatic rings. The summed E-state index contributed by atoms with van der Waals surface area (Å²) in [4.78, 5) is 28.3. The standard InChI is InChI=1S/C28H33Cl2N3O4S/c1-5-19(3)31-28(35)26(6-2)33(17-20-11-14-24(29)25(30)15-20)27(34)18-32(4)38(36,37)23-13-12-21-9-7-8-10-22(21)16-23/h7-16,19,26H,5-6,17-18H2,1-4H3,(H,31,35)/t19-,26+/m1/s1. The van der Waals surface area contributed by atoms with E-state index in [0.29, 0.717) is 22.0 Å². The average molecular weight is 579 g/mol. The summed E-state index contributed by atoms with van der Waals surface area (Å²) in [7, 11) is -2.61. The Balaban J connectivity index is 1.90. The van der Waals surface area contributed by atoms with Gasteiger partial charge in [-0.15, -0.1) is 0 Å². The third kappa shape index (κ3) is 7.05. The van der Waals surface area contributed by atoms with E-state index in [9.17, 15) is 18.0 Å². The second kappa shape index (κ2) is 12.9. The number of hydrogen-bond acceptors (Lipinski definition) is 4. The molecule has 0 spiro atoms. The summed E-state index contributed by atoms with van der Waals surface area (Å²) >= 11 is 12.2. The lowest BCUT2D eigenvalue weighted by Gasteiger charge is -2.32. The minimum absolute atomic E-state index is 0.0615. The smallest absolute Gasteiger partial charge is 0.243 e. The maximum atomic E-state index is 13.6. The number of rotatable bonds is 11. The number of nitrogens with zero attached hydrogens (tertiary/aromatic N) is 2. The van der Waals surface area contributed by atoms with Crippen LogP contribution in [0.3, 0.4) is 0 Å². The molecule has 0 radical (unpaired) electrons. The monoisotopic (exact) mass is 577 g/mol. The van der Waals surface area contributed by atoms with Crippen molar-refractivity contribution >= 4 is 55.8 Å². The van der Waals surface area contributed by atoms with Crippen LogP contribution in [0.4, 0.5) is 0 Å².